The van der Waals surface area contributed by atoms with E-state index in [0.717, 1.165) is 49.0 Å². The third-order valence-corrected chi connectivity index (χ3v) is 4.22. The molecule has 0 amide bonds. The number of ether oxygens (including phenoxy) is 1. The molecule has 1 aliphatic rings. The van der Waals surface area contributed by atoms with Crippen LogP contribution in [0.1, 0.15) is 19.8 Å². The lowest BCUT2D eigenvalue weighted by Crippen LogP contribution is -2.44. The molecule has 2 rings (SSSR count). The minimum absolute atomic E-state index is 0.722. The molecule has 1 heterocycles. The highest BCUT2D eigenvalue weighted by Gasteiger charge is 2.19. The van der Waals surface area contributed by atoms with Gasteiger partial charge < -0.3 is 10.1 Å². The fourth-order valence-corrected chi connectivity index (χ4v) is 2.85. The predicted molar refractivity (Wildman–Crippen MR) is 82.8 cm³/mol. The van der Waals surface area contributed by atoms with Crippen LogP contribution in [0.25, 0.3) is 0 Å². The first-order valence-corrected chi connectivity index (χ1v) is 7.92. The van der Waals surface area contributed by atoms with Crippen molar-refractivity contribution in [2.24, 2.45) is 0 Å². The maximum absolute atomic E-state index is 5.81. The van der Waals surface area contributed by atoms with E-state index < -0.39 is 0 Å². The second-order valence-electron chi connectivity index (χ2n) is 4.91. The number of halogens is 1. The normalized spacial score (nSPS) is 16.8. The lowest BCUT2D eigenvalue weighted by atomic mass is 10.1. The van der Waals surface area contributed by atoms with Crippen molar-refractivity contribution in [3.05, 3.63) is 28.7 Å². The minimum Gasteiger partial charge on any atom is -0.492 e. The Kier molecular flexibility index (Phi) is 6.14. The summed E-state index contributed by atoms with van der Waals surface area (Å²) in [5.74, 6) is 0.949. The molecule has 1 saturated heterocycles. The van der Waals surface area contributed by atoms with Gasteiger partial charge in [0.05, 0.1) is 0 Å². The van der Waals surface area contributed by atoms with E-state index in [1.54, 1.807) is 0 Å². The van der Waals surface area contributed by atoms with E-state index in [-0.39, 0.29) is 0 Å². The van der Waals surface area contributed by atoms with Gasteiger partial charge in [-0.1, -0.05) is 22.9 Å². The fraction of sp³-hybridized carbons (Fsp3) is 0.600. The SMILES string of the molecule is CCN(CCOc1ccc(Br)cc1)C1CCNCC1. The number of benzene rings is 1. The van der Waals surface area contributed by atoms with Gasteiger partial charge in [-0.05, 0) is 56.7 Å². The molecule has 0 radical (unpaired) electrons. The van der Waals surface area contributed by atoms with Crippen molar-refractivity contribution in [3.63, 3.8) is 0 Å². The zero-order chi connectivity index (χ0) is 13.5. The lowest BCUT2D eigenvalue weighted by molar-refractivity contribution is 0.141. The summed E-state index contributed by atoms with van der Waals surface area (Å²) in [6, 6.07) is 8.76. The molecule has 0 atom stereocenters. The van der Waals surface area contributed by atoms with Gasteiger partial charge in [-0.15, -0.1) is 0 Å². The van der Waals surface area contributed by atoms with Crippen LogP contribution in [0.4, 0.5) is 0 Å². The summed E-state index contributed by atoms with van der Waals surface area (Å²) in [7, 11) is 0. The topological polar surface area (TPSA) is 24.5 Å². The molecule has 1 N–H and O–H groups in total. The van der Waals surface area contributed by atoms with Crippen molar-refractivity contribution < 1.29 is 4.74 Å². The average molecular weight is 327 g/mol. The highest BCUT2D eigenvalue weighted by Crippen LogP contribution is 2.16. The van der Waals surface area contributed by atoms with Crippen molar-refractivity contribution >= 4 is 15.9 Å². The molecule has 19 heavy (non-hydrogen) atoms. The number of nitrogens with zero attached hydrogens (tertiary/aromatic N) is 1. The van der Waals surface area contributed by atoms with Gasteiger partial charge in [-0.3, -0.25) is 4.90 Å². The third-order valence-electron chi connectivity index (χ3n) is 3.69. The summed E-state index contributed by atoms with van der Waals surface area (Å²) in [6.07, 6.45) is 2.51. The molecule has 0 saturated carbocycles. The first-order chi connectivity index (χ1) is 9.29. The molecular formula is C15H23BrN2O. The molecule has 0 aliphatic carbocycles. The number of likely N-dealkylation sites (N-methyl/N-ethyl adjacent to an activating group) is 1. The van der Waals surface area contributed by atoms with Crippen molar-refractivity contribution in [3.8, 4) is 5.75 Å². The quantitative estimate of drug-likeness (QED) is 0.869. The van der Waals surface area contributed by atoms with E-state index in [2.05, 4.69) is 33.1 Å². The van der Waals surface area contributed by atoms with Gasteiger partial charge in [-0.25, -0.2) is 0 Å². The maximum Gasteiger partial charge on any atom is 0.119 e. The molecule has 0 spiro atoms. The van der Waals surface area contributed by atoms with Gasteiger partial charge in [0.25, 0.3) is 0 Å². The van der Waals surface area contributed by atoms with Crippen LogP contribution in [0.2, 0.25) is 0 Å². The van der Waals surface area contributed by atoms with Crippen LogP contribution >= 0.6 is 15.9 Å². The molecular weight excluding hydrogens is 304 g/mol. The molecule has 0 unspecified atom stereocenters. The molecule has 3 nitrogen and oxygen atoms in total. The molecule has 0 bridgehead atoms. The molecule has 1 aromatic rings. The van der Waals surface area contributed by atoms with Crippen LogP contribution < -0.4 is 10.1 Å². The number of hydrogen-bond acceptors (Lipinski definition) is 3. The molecule has 1 aliphatic heterocycles. The van der Waals surface area contributed by atoms with Crippen molar-refractivity contribution in [2.75, 3.05) is 32.8 Å². The van der Waals surface area contributed by atoms with Crippen molar-refractivity contribution in [1.29, 1.82) is 0 Å². The van der Waals surface area contributed by atoms with Crippen LogP contribution in [0.5, 0.6) is 5.75 Å². The number of rotatable bonds is 6. The standard InChI is InChI=1S/C15H23BrN2O/c1-2-18(14-7-9-17-10-8-14)11-12-19-15-5-3-13(16)4-6-15/h3-6,14,17H,2,7-12H2,1H3. The van der Waals surface area contributed by atoms with Crippen molar-refractivity contribution in [2.45, 2.75) is 25.8 Å². The monoisotopic (exact) mass is 326 g/mol. The average Bonchev–Trinajstić information content (AvgIpc) is 2.46. The second kappa shape index (κ2) is 7.88. The van der Waals surface area contributed by atoms with Crippen LogP contribution in [0.3, 0.4) is 0 Å². The number of hydrogen-bond donors (Lipinski definition) is 1. The van der Waals surface area contributed by atoms with E-state index in [1.807, 2.05) is 24.3 Å². The summed E-state index contributed by atoms with van der Waals surface area (Å²) in [5.41, 5.74) is 0. The summed E-state index contributed by atoms with van der Waals surface area (Å²) < 4.78 is 6.89. The largest absolute Gasteiger partial charge is 0.492 e. The first kappa shape index (κ1) is 14.8. The minimum atomic E-state index is 0.722. The highest BCUT2D eigenvalue weighted by molar-refractivity contribution is 9.10. The van der Waals surface area contributed by atoms with Gasteiger partial charge in [-0.2, -0.15) is 0 Å². The van der Waals surface area contributed by atoms with Gasteiger partial charge in [0.2, 0.25) is 0 Å². The number of piperidine rings is 1. The first-order valence-electron chi connectivity index (χ1n) is 7.12. The Bertz CT molecular complexity index is 363. The van der Waals surface area contributed by atoms with Crippen LogP contribution in [0, 0.1) is 0 Å². The molecule has 1 aromatic carbocycles. The Morgan fingerprint density at radius 2 is 1.95 bits per heavy atom. The van der Waals surface area contributed by atoms with E-state index in [1.165, 1.54) is 12.8 Å². The van der Waals surface area contributed by atoms with Crippen LogP contribution in [-0.4, -0.2) is 43.7 Å². The summed E-state index contributed by atoms with van der Waals surface area (Å²) in [5, 5.41) is 3.42. The molecule has 4 heteroatoms. The van der Waals surface area contributed by atoms with Gasteiger partial charge in [0.15, 0.2) is 0 Å². The number of nitrogens with one attached hydrogen (secondary N) is 1. The van der Waals surface area contributed by atoms with Gasteiger partial charge in [0.1, 0.15) is 12.4 Å². The Hall–Kier alpha value is -0.580. The Morgan fingerprint density at radius 1 is 1.26 bits per heavy atom. The molecule has 1 fully saturated rings. The van der Waals surface area contributed by atoms with Gasteiger partial charge >= 0.3 is 0 Å². The lowest BCUT2D eigenvalue weighted by Gasteiger charge is -2.33. The smallest absolute Gasteiger partial charge is 0.119 e. The van der Waals surface area contributed by atoms with E-state index in [0.29, 0.717) is 0 Å². The maximum atomic E-state index is 5.81. The van der Waals surface area contributed by atoms with Gasteiger partial charge in [0, 0.05) is 17.1 Å². The van der Waals surface area contributed by atoms with Crippen molar-refractivity contribution in [1.82, 2.24) is 10.2 Å². The zero-order valence-corrected chi connectivity index (χ0v) is 13.2. The zero-order valence-electron chi connectivity index (χ0n) is 11.6. The van der Waals surface area contributed by atoms with Crippen LogP contribution in [0.15, 0.2) is 28.7 Å². The predicted octanol–water partition coefficient (Wildman–Crippen LogP) is 2.90. The van der Waals surface area contributed by atoms with E-state index in [4.69, 9.17) is 4.74 Å². The van der Waals surface area contributed by atoms with E-state index >= 15 is 0 Å². The Balaban J connectivity index is 1.74. The molecule has 0 aromatic heterocycles. The Morgan fingerprint density at radius 3 is 2.58 bits per heavy atom. The summed E-state index contributed by atoms with van der Waals surface area (Å²) in [6.45, 7) is 7.41. The van der Waals surface area contributed by atoms with E-state index in [9.17, 15) is 0 Å². The highest BCUT2D eigenvalue weighted by atomic mass is 79.9. The fourth-order valence-electron chi connectivity index (χ4n) is 2.58. The second-order valence-corrected chi connectivity index (χ2v) is 5.83. The third kappa shape index (κ3) is 4.79. The van der Waals surface area contributed by atoms with Crippen LogP contribution in [-0.2, 0) is 0 Å². The summed E-state index contributed by atoms with van der Waals surface area (Å²) in [4.78, 5) is 2.54. The Labute approximate surface area is 124 Å². The molecule has 106 valence electrons. The summed E-state index contributed by atoms with van der Waals surface area (Å²) >= 11 is 3.43.